The SMILES string of the molecule is CCOC(=O)C(N)=NN1C(=O)CC[C@H]1c1ccccc1Cl. The molecule has 0 saturated carbocycles. The van der Waals surface area contributed by atoms with Gasteiger partial charge in [-0.25, -0.2) is 9.80 Å². The highest BCUT2D eigenvalue weighted by Crippen LogP contribution is 2.36. The summed E-state index contributed by atoms with van der Waals surface area (Å²) in [5.74, 6) is -1.29. The summed E-state index contributed by atoms with van der Waals surface area (Å²) in [6.45, 7) is 1.86. The molecule has 21 heavy (non-hydrogen) atoms. The van der Waals surface area contributed by atoms with Crippen molar-refractivity contribution in [3.63, 3.8) is 0 Å². The largest absolute Gasteiger partial charge is 0.460 e. The first kappa shape index (κ1) is 15.3. The van der Waals surface area contributed by atoms with Gasteiger partial charge in [0.15, 0.2) is 0 Å². The number of hydrazone groups is 1. The number of rotatable bonds is 3. The van der Waals surface area contributed by atoms with Crippen molar-refractivity contribution in [2.24, 2.45) is 10.8 Å². The molecule has 1 fully saturated rings. The van der Waals surface area contributed by atoms with Gasteiger partial charge in [0.1, 0.15) is 0 Å². The van der Waals surface area contributed by atoms with Crippen LogP contribution in [-0.4, -0.2) is 29.3 Å². The maximum Gasteiger partial charge on any atom is 0.375 e. The van der Waals surface area contributed by atoms with Gasteiger partial charge in [0.25, 0.3) is 0 Å². The molecule has 1 heterocycles. The summed E-state index contributed by atoms with van der Waals surface area (Å²) >= 11 is 6.16. The number of benzene rings is 1. The minimum Gasteiger partial charge on any atom is -0.460 e. The van der Waals surface area contributed by atoms with Gasteiger partial charge in [-0.3, -0.25) is 4.79 Å². The molecule has 1 aliphatic rings. The Morgan fingerprint density at radius 1 is 1.52 bits per heavy atom. The van der Waals surface area contributed by atoms with Gasteiger partial charge in [0.2, 0.25) is 11.7 Å². The van der Waals surface area contributed by atoms with E-state index in [1.807, 2.05) is 18.2 Å². The van der Waals surface area contributed by atoms with E-state index in [1.54, 1.807) is 13.0 Å². The minimum atomic E-state index is -0.741. The van der Waals surface area contributed by atoms with Crippen LogP contribution in [0.5, 0.6) is 0 Å². The maximum atomic E-state index is 12.0. The van der Waals surface area contributed by atoms with Crippen LogP contribution >= 0.6 is 11.6 Å². The molecular weight excluding hydrogens is 294 g/mol. The lowest BCUT2D eigenvalue weighted by atomic mass is 10.1. The third-order valence-electron chi connectivity index (χ3n) is 3.15. The summed E-state index contributed by atoms with van der Waals surface area (Å²) in [6.07, 6.45) is 0.900. The topological polar surface area (TPSA) is 85.0 Å². The van der Waals surface area contributed by atoms with E-state index < -0.39 is 5.97 Å². The standard InChI is InChI=1S/C14H16ClN3O3/c1-2-21-14(20)13(16)17-18-11(7-8-12(18)19)9-5-3-4-6-10(9)15/h3-6,11H,2,7-8H2,1H3,(H2,16,17)/t11-/m0/s1. The molecule has 0 bridgehead atoms. The number of halogens is 1. The van der Waals surface area contributed by atoms with E-state index in [-0.39, 0.29) is 24.4 Å². The van der Waals surface area contributed by atoms with Gasteiger partial charge in [-0.2, -0.15) is 0 Å². The number of amides is 1. The average Bonchev–Trinajstić information content (AvgIpc) is 2.81. The molecular formula is C14H16ClN3O3. The smallest absolute Gasteiger partial charge is 0.375 e. The fourth-order valence-corrected chi connectivity index (χ4v) is 2.45. The van der Waals surface area contributed by atoms with Crippen LogP contribution in [0.2, 0.25) is 5.02 Å². The monoisotopic (exact) mass is 309 g/mol. The summed E-state index contributed by atoms with van der Waals surface area (Å²) in [4.78, 5) is 23.5. The molecule has 1 aromatic carbocycles. The van der Waals surface area contributed by atoms with Crippen molar-refractivity contribution in [3.05, 3.63) is 34.9 Å². The van der Waals surface area contributed by atoms with Crippen LogP contribution in [0.4, 0.5) is 0 Å². The van der Waals surface area contributed by atoms with Crippen molar-refractivity contribution in [1.82, 2.24) is 5.01 Å². The number of nitrogens with zero attached hydrogens (tertiary/aromatic N) is 2. The van der Waals surface area contributed by atoms with Gasteiger partial charge in [-0.1, -0.05) is 29.8 Å². The first-order chi connectivity index (χ1) is 10.0. The number of carbonyl (C=O) groups excluding carboxylic acids is 2. The predicted molar refractivity (Wildman–Crippen MR) is 78.5 cm³/mol. The molecule has 2 N–H and O–H groups in total. The highest BCUT2D eigenvalue weighted by Gasteiger charge is 2.34. The molecule has 1 aromatic rings. The molecule has 0 aliphatic carbocycles. The van der Waals surface area contributed by atoms with Crippen molar-refractivity contribution in [1.29, 1.82) is 0 Å². The number of hydrogen-bond acceptors (Lipinski definition) is 4. The predicted octanol–water partition coefficient (Wildman–Crippen LogP) is 1.84. The molecule has 6 nitrogen and oxygen atoms in total. The molecule has 2 rings (SSSR count). The lowest BCUT2D eigenvalue weighted by Gasteiger charge is -2.21. The molecule has 0 aromatic heterocycles. The molecule has 0 unspecified atom stereocenters. The van der Waals surface area contributed by atoms with Crippen molar-refractivity contribution in [3.8, 4) is 0 Å². The Morgan fingerprint density at radius 2 is 2.24 bits per heavy atom. The number of ether oxygens (including phenoxy) is 1. The third kappa shape index (κ3) is 3.33. The molecule has 1 saturated heterocycles. The second-order valence-electron chi connectivity index (χ2n) is 4.52. The van der Waals surface area contributed by atoms with Gasteiger partial charge >= 0.3 is 5.97 Å². The fraction of sp³-hybridized carbons (Fsp3) is 0.357. The lowest BCUT2D eigenvalue weighted by molar-refractivity contribution is -0.135. The molecule has 7 heteroatoms. The van der Waals surface area contributed by atoms with Crippen molar-refractivity contribution >= 4 is 29.3 Å². The van der Waals surface area contributed by atoms with E-state index in [9.17, 15) is 9.59 Å². The van der Waals surface area contributed by atoms with Crippen LogP contribution in [0.1, 0.15) is 31.4 Å². The van der Waals surface area contributed by atoms with E-state index in [0.29, 0.717) is 17.9 Å². The van der Waals surface area contributed by atoms with Crippen molar-refractivity contribution < 1.29 is 14.3 Å². The van der Waals surface area contributed by atoms with E-state index in [0.717, 1.165) is 5.56 Å². The molecule has 1 amide bonds. The van der Waals surface area contributed by atoms with Crippen LogP contribution in [0, 0.1) is 0 Å². The molecule has 0 spiro atoms. The van der Waals surface area contributed by atoms with Gasteiger partial charge in [0, 0.05) is 11.4 Å². The number of carbonyl (C=O) groups is 2. The Morgan fingerprint density at radius 3 is 2.90 bits per heavy atom. The number of amidine groups is 1. The zero-order valence-corrected chi connectivity index (χ0v) is 12.3. The number of esters is 1. The van der Waals surface area contributed by atoms with E-state index in [1.165, 1.54) is 5.01 Å². The second kappa shape index (κ2) is 6.58. The second-order valence-corrected chi connectivity index (χ2v) is 4.93. The molecule has 1 atom stereocenters. The summed E-state index contributed by atoms with van der Waals surface area (Å²) in [5.41, 5.74) is 6.36. The Hall–Kier alpha value is -2.08. The zero-order chi connectivity index (χ0) is 15.4. The van der Waals surface area contributed by atoms with Crippen LogP contribution < -0.4 is 5.73 Å². The first-order valence-corrected chi connectivity index (χ1v) is 7.00. The fourth-order valence-electron chi connectivity index (χ4n) is 2.19. The van der Waals surface area contributed by atoms with Gasteiger partial charge in [-0.15, -0.1) is 5.10 Å². The summed E-state index contributed by atoms with van der Waals surface area (Å²) in [6, 6.07) is 6.90. The van der Waals surface area contributed by atoms with E-state index in [2.05, 4.69) is 5.10 Å². The van der Waals surface area contributed by atoms with Crippen LogP contribution in [0.15, 0.2) is 29.4 Å². The Balaban J connectivity index is 2.28. The number of nitrogens with two attached hydrogens (primary N) is 1. The summed E-state index contributed by atoms with van der Waals surface area (Å²) < 4.78 is 4.76. The van der Waals surface area contributed by atoms with Crippen LogP contribution in [0.25, 0.3) is 0 Å². The minimum absolute atomic E-state index is 0.191. The molecule has 112 valence electrons. The highest BCUT2D eigenvalue weighted by atomic mass is 35.5. The summed E-state index contributed by atoms with van der Waals surface area (Å²) in [5, 5.41) is 5.68. The van der Waals surface area contributed by atoms with Crippen molar-refractivity contribution in [2.45, 2.75) is 25.8 Å². The van der Waals surface area contributed by atoms with E-state index in [4.69, 9.17) is 22.1 Å². The quantitative estimate of drug-likeness (QED) is 0.524. The summed E-state index contributed by atoms with van der Waals surface area (Å²) in [7, 11) is 0. The van der Waals surface area contributed by atoms with Crippen molar-refractivity contribution in [2.75, 3.05) is 6.61 Å². The highest BCUT2D eigenvalue weighted by molar-refractivity contribution is 6.34. The van der Waals surface area contributed by atoms with Crippen LogP contribution in [0.3, 0.4) is 0 Å². The lowest BCUT2D eigenvalue weighted by Crippen LogP contribution is -2.32. The Bertz CT molecular complexity index is 589. The third-order valence-corrected chi connectivity index (χ3v) is 3.49. The molecule has 0 radical (unpaired) electrons. The van der Waals surface area contributed by atoms with Gasteiger partial charge in [-0.05, 0) is 25.0 Å². The average molecular weight is 310 g/mol. The molecule has 1 aliphatic heterocycles. The maximum absolute atomic E-state index is 12.0. The Labute approximate surface area is 127 Å². The van der Waals surface area contributed by atoms with Gasteiger partial charge < -0.3 is 10.5 Å². The zero-order valence-electron chi connectivity index (χ0n) is 11.6. The Kier molecular flexibility index (Phi) is 4.80. The normalized spacial score (nSPS) is 19.0. The first-order valence-electron chi connectivity index (χ1n) is 6.62. The van der Waals surface area contributed by atoms with Gasteiger partial charge in [0.05, 0.1) is 12.6 Å². The van der Waals surface area contributed by atoms with Crippen LogP contribution in [-0.2, 0) is 14.3 Å². The number of hydrogen-bond donors (Lipinski definition) is 1. The van der Waals surface area contributed by atoms with E-state index >= 15 is 0 Å².